The van der Waals surface area contributed by atoms with Crippen LogP contribution in [0.5, 0.6) is 0 Å². The quantitative estimate of drug-likeness (QED) is 0.619. The Morgan fingerprint density at radius 1 is 1.54 bits per heavy atom. The number of rotatable bonds is 4. The van der Waals surface area contributed by atoms with Crippen molar-refractivity contribution in [3.05, 3.63) is 0 Å². The van der Waals surface area contributed by atoms with Crippen molar-refractivity contribution in [1.29, 1.82) is 0 Å². The highest BCUT2D eigenvalue weighted by Crippen LogP contribution is 1.96. The third-order valence-corrected chi connectivity index (χ3v) is 1.41. The normalized spacial score (nSPS) is 10.9. The van der Waals surface area contributed by atoms with Gasteiger partial charge in [0.15, 0.2) is 0 Å². The predicted molar refractivity (Wildman–Crippen MR) is 47.9 cm³/mol. The molecular formula is C9H13NO3. The van der Waals surface area contributed by atoms with Crippen molar-refractivity contribution in [3.8, 4) is 11.8 Å². The monoisotopic (exact) mass is 183 g/mol. The molecule has 13 heavy (non-hydrogen) atoms. The van der Waals surface area contributed by atoms with Crippen molar-refractivity contribution < 1.29 is 14.7 Å². The highest BCUT2D eigenvalue weighted by molar-refractivity contribution is 5.81. The van der Waals surface area contributed by atoms with Gasteiger partial charge < -0.3 is 10.4 Å². The lowest BCUT2D eigenvalue weighted by atomic mass is 10.1. The minimum atomic E-state index is -1.02. The first kappa shape index (κ1) is 11.5. The first-order chi connectivity index (χ1) is 6.07. The largest absolute Gasteiger partial charge is 0.480 e. The number of hydrogen-bond donors (Lipinski definition) is 2. The van der Waals surface area contributed by atoms with Gasteiger partial charge in [0, 0.05) is 13.3 Å². The average molecular weight is 183 g/mol. The number of aliphatic carboxylic acids is 1. The van der Waals surface area contributed by atoms with E-state index in [1.807, 2.05) is 0 Å². The van der Waals surface area contributed by atoms with Crippen molar-refractivity contribution in [2.24, 2.45) is 0 Å². The van der Waals surface area contributed by atoms with Crippen LogP contribution < -0.4 is 5.32 Å². The molecule has 0 fully saturated rings. The molecule has 4 nitrogen and oxygen atoms in total. The zero-order valence-electron chi connectivity index (χ0n) is 7.76. The summed E-state index contributed by atoms with van der Waals surface area (Å²) in [7, 11) is 0. The number of hydrogen-bond acceptors (Lipinski definition) is 2. The van der Waals surface area contributed by atoms with Gasteiger partial charge in [0.25, 0.3) is 0 Å². The molecule has 0 aliphatic heterocycles. The van der Waals surface area contributed by atoms with Crippen LogP contribution in [0.25, 0.3) is 0 Å². The maximum Gasteiger partial charge on any atom is 0.326 e. The molecule has 1 amide bonds. The Bertz CT molecular complexity index is 249. The summed E-state index contributed by atoms with van der Waals surface area (Å²) in [5.41, 5.74) is 0. The van der Waals surface area contributed by atoms with E-state index in [2.05, 4.69) is 17.2 Å². The maximum absolute atomic E-state index is 10.6. The number of carboxylic acids is 1. The molecule has 0 radical (unpaired) electrons. The zero-order chi connectivity index (χ0) is 10.3. The Kier molecular flexibility index (Phi) is 5.37. The number of nitrogens with one attached hydrogen (secondary N) is 1. The molecule has 0 aromatic heterocycles. The van der Waals surface area contributed by atoms with Crippen molar-refractivity contribution in [1.82, 2.24) is 5.32 Å². The van der Waals surface area contributed by atoms with Gasteiger partial charge >= 0.3 is 5.97 Å². The standard InChI is InChI=1S/C9H13NO3/c1-3-4-5-6-8(9(12)13)10-7(2)11/h8H,5-6H2,1-2H3,(H,10,11)(H,12,13). The summed E-state index contributed by atoms with van der Waals surface area (Å²) in [6.45, 7) is 2.98. The molecule has 0 rings (SSSR count). The Morgan fingerprint density at radius 3 is 2.54 bits per heavy atom. The summed E-state index contributed by atoms with van der Waals surface area (Å²) in [6, 6.07) is -0.821. The third-order valence-electron chi connectivity index (χ3n) is 1.41. The molecule has 0 saturated carbocycles. The maximum atomic E-state index is 10.6. The summed E-state index contributed by atoms with van der Waals surface area (Å²) >= 11 is 0. The topological polar surface area (TPSA) is 66.4 Å². The van der Waals surface area contributed by atoms with Gasteiger partial charge in [-0.1, -0.05) is 0 Å². The number of amides is 1. The molecule has 4 heteroatoms. The fourth-order valence-electron chi connectivity index (χ4n) is 0.844. The SMILES string of the molecule is CC#CCCC(NC(C)=O)C(=O)O. The molecule has 1 atom stereocenters. The third kappa shape index (κ3) is 5.74. The van der Waals surface area contributed by atoms with Gasteiger partial charge in [-0.25, -0.2) is 4.79 Å². The smallest absolute Gasteiger partial charge is 0.326 e. The predicted octanol–water partition coefficient (Wildman–Crippen LogP) is 0.379. The molecular weight excluding hydrogens is 170 g/mol. The zero-order valence-corrected chi connectivity index (χ0v) is 7.76. The molecule has 0 bridgehead atoms. The number of carbonyl (C=O) groups excluding carboxylic acids is 1. The van der Waals surface area contributed by atoms with Gasteiger partial charge in [0.05, 0.1) is 0 Å². The van der Waals surface area contributed by atoms with Crippen LogP contribution in [0.3, 0.4) is 0 Å². The second-order valence-electron chi connectivity index (χ2n) is 2.56. The average Bonchev–Trinajstić information content (AvgIpc) is 2.02. The Balaban J connectivity index is 4.00. The molecule has 1 unspecified atom stereocenters. The summed E-state index contributed by atoms with van der Waals surface area (Å²) < 4.78 is 0. The highest BCUT2D eigenvalue weighted by Gasteiger charge is 2.16. The minimum Gasteiger partial charge on any atom is -0.480 e. The first-order valence-electron chi connectivity index (χ1n) is 3.97. The molecule has 2 N–H and O–H groups in total. The second-order valence-corrected chi connectivity index (χ2v) is 2.56. The van der Waals surface area contributed by atoms with E-state index in [0.29, 0.717) is 12.8 Å². The Labute approximate surface area is 77.3 Å². The fourth-order valence-corrected chi connectivity index (χ4v) is 0.844. The summed E-state index contributed by atoms with van der Waals surface area (Å²) in [6.07, 6.45) is 0.823. The first-order valence-corrected chi connectivity index (χ1v) is 3.97. The second kappa shape index (κ2) is 6.06. The summed E-state index contributed by atoms with van der Waals surface area (Å²) in [5, 5.41) is 11.0. The van der Waals surface area contributed by atoms with Crippen molar-refractivity contribution >= 4 is 11.9 Å². The van der Waals surface area contributed by atoms with Gasteiger partial charge in [0.1, 0.15) is 6.04 Å². The van der Waals surface area contributed by atoms with E-state index in [1.165, 1.54) is 6.92 Å². The van der Waals surface area contributed by atoms with Crippen molar-refractivity contribution in [2.75, 3.05) is 0 Å². The minimum absolute atomic E-state index is 0.336. The van der Waals surface area contributed by atoms with Gasteiger partial charge in [-0.05, 0) is 13.3 Å². The molecule has 0 aromatic rings. The van der Waals surface area contributed by atoms with E-state index in [9.17, 15) is 9.59 Å². The highest BCUT2D eigenvalue weighted by atomic mass is 16.4. The van der Waals surface area contributed by atoms with Crippen LogP contribution in [0.1, 0.15) is 26.7 Å². The van der Waals surface area contributed by atoms with E-state index in [-0.39, 0.29) is 5.91 Å². The van der Waals surface area contributed by atoms with E-state index in [4.69, 9.17) is 5.11 Å². The molecule has 0 aromatic carbocycles. The van der Waals surface area contributed by atoms with Gasteiger partial charge in [-0.3, -0.25) is 4.79 Å². The van der Waals surface area contributed by atoms with E-state index in [0.717, 1.165) is 0 Å². The number of carboxylic acid groups (broad SMARTS) is 1. The van der Waals surface area contributed by atoms with Crippen molar-refractivity contribution in [3.63, 3.8) is 0 Å². The Hall–Kier alpha value is -1.50. The lowest BCUT2D eigenvalue weighted by Gasteiger charge is -2.10. The summed E-state index contributed by atoms with van der Waals surface area (Å²) in [4.78, 5) is 21.1. The van der Waals surface area contributed by atoms with Crippen LogP contribution in [0.15, 0.2) is 0 Å². The van der Waals surface area contributed by atoms with E-state index >= 15 is 0 Å². The lowest BCUT2D eigenvalue weighted by molar-refractivity contribution is -0.141. The van der Waals surface area contributed by atoms with Gasteiger partial charge in [0.2, 0.25) is 5.91 Å². The molecule has 0 spiro atoms. The van der Waals surface area contributed by atoms with Gasteiger partial charge in [-0.15, -0.1) is 11.8 Å². The van der Waals surface area contributed by atoms with Crippen LogP contribution in [-0.2, 0) is 9.59 Å². The van der Waals surface area contributed by atoms with Crippen LogP contribution in [0, 0.1) is 11.8 Å². The van der Waals surface area contributed by atoms with Crippen LogP contribution in [-0.4, -0.2) is 23.0 Å². The molecule has 0 aliphatic rings. The van der Waals surface area contributed by atoms with E-state index < -0.39 is 12.0 Å². The van der Waals surface area contributed by atoms with Crippen molar-refractivity contribution in [2.45, 2.75) is 32.7 Å². The molecule has 0 saturated heterocycles. The Morgan fingerprint density at radius 2 is 2.15 bits per heavy atom. The summed E-state index contributed by atoms with van der Waals surface area (Å²) in [5.74, 6) is 4.05. The van der Waals surface area contributed by atoms with Crippen LogP contribution >= 0.6 is 0 Å². The van der Waals surface area contributed by atoms with Crippen LogP contribution in [0.2, 0.25) is 0 Å². The molecule has 0 aliphatic carbocycles. The van der Waals surface area contributed by atoms with E-state index in [1.54, 1.807) is 6.92 Å². The molecule has 72 valence electrons. The van der Waals surface area contributed by atoms with Crippen LogP contribution in [0.4, 0.5) is 0 Å². The molecule has 0 heterocycles. The number of carbonyl (C=O) groups is 2. The fraction of sp³-hybridized carbons (Fsp3) is 0.556. The van der Waals surface area contributed by atoms with Gasteiger partial charge in [-0.2, -0.15) is 0 Å². The lowest BCUT2D eigenvalue weighted by Crippen LogP contribution is -2.39.